The van der Waals surface area contributed by atoms with E-state index in [4.69, 9.17) is 5.11 Å². The smallest absolute Gasteiger partial charge is 0.220 e. The van der Waals surface area contributed by atoms with Gasteiger partial charge >= 0.3 is 0 Å². The Labute approximate surface area is 142 Å². The highest BCUT2D eigenvalue weighted by molar-refractivity contribution is 5.85. The van der Waals surface area contributed by atoms with Gasteiger partial charge in [0.1, 0.15) is 0 Å². The van der Waals surface area contributed by atoms with Crippen molar-refractivity contribution in [3.05, 3.63) is 0 Å². The fourth-order valence-electron chi connectivity index (χ4n) is 3.36. The lowest BCUT2D eigenvalue weighted by Gasteiger charge is -2.28. The van der Waals surface area contributed by atoms with Crippen LogP contribution in [0.15, 0.2) is 0 Å². The Hall–Kier alpha value is -0.320. The van der Waals surface area contributed by atoms with Crippen molar-refractivity contribution in [2.75, 3.05) is 26.2 Å². The molecule has 1 aliphatic heterocycles. The van der Waals surface area contributed by atoms with Crippen LogP contribution in [0.1, 0.15) is 52.9 Å². The first-order chi connectivity index (χ1) is 10.0. The third kappa shape index (κ3) is 8.96. The van der Waals surface area contributed by atoms with Crippen LogP contribution in [0, 0.1) is 23.7 Å². The van der Waals surface area contributed by atoms with Gasteiger partial charge in [-0.3, -0.25) is 4.79 Å². The number of aliphatic hydroxyl groups excluding tert-OH is 1. The SMILES string of the molecule is CC(C)CC(CCO)CNC(=O)CC(C)C1CCNCC1.Cl. The van der Waals surface area contributed by atoms with E-state index >= 15 is 0 Å². The molecule has 1 saturated heterocycles. The highest BCUT2D eigenvalue weighted by Gasteiger charge is 2.22. The minimum Gasteiger partial charge on any atom is -0.396 e. The number of nitrogens with one attached hydrogen (secondary N) is 2. The van der Waals surface area contributed by atoms with Gasteiger partial charge in [-0.2, -0.15) is 0 Å². The van der Waals surface area contributed by atoms with Crippen molar-refractivity contribution in [3.63, 3.8) is 0 Å². The first-order valence-corrected chi connectivity index (χ1v) is 8.61. The van der Waals surface area contributed by atoms with Gasteiger partial charge < -0.3 is 15.7 Å². The van der Waals surface area contributed by atoms with Crippen LogP contribution in [0.4, 0.5) is 0 Å². The van der Waals surface area contributed by atoms with Gasteiger partial charge in [-0.05, 0) is 62.4 Å². The highest BCUT2D eigenvalue weighted by atomic mass is 35.5. The van der Waals surface area contributed by atoms with Crippen LogP contribution in [0.3, 0.4) is 0 Å². The largest absolute Gasteiger partial charge is 0.396 e. The lowest BCUT2D eigenvalue weighted by molar-refractivity contribution is -0.122. The number of amides is 1. The van der Waals surface area contributed by atoms with Crippen molar-refractivity contribution in [1.29, 1.82) is 0 Å². The Bertz CT molecular complexity index is 294. The van der Waals surface area contributed by atoms with Crippen LogP contribution < -0.4 is 10.6 Å². The third-order valence-corrected chi connectivity index (χ3v) is 4.63. The molecular formula is C17H35ClN2O2. The molecule has 0 aromatic carbocycles. The Balaban J connectivity index is 0.00000441. The Morgan fingerprint density at radius 1 is 1.27 bits per heavy atom. The normalized spacial score (nSPS) is 18.6. The first-order valence-electron chi connectivity index (χ1n) is 8.61. The molecule has 0 aliphatic carbocycles. The summed E-state index contributed by atoms with van der Waals surface area (Å²) in [6.45, 7) is 9.66. The molecule has 1 rings (SSSR count). The highest BCUT2D eigenvalue weighted by Crippen LogP contribution is 2.24. The van der Waals surface area contributed by atoms with E-state index in [0.717, 1.165) is 25.9 Å². The molecule has 0 aromatic heterocycles. The Kier molecular flexibility index (Phi) is 12.0. The summed E-state index contributed by atoms with van der Waals surface area (Å²) in [5, 5.41) is 15.6. The zero-order valence-corrected chi connectivity index (χ0v) is 15.3. The third-order valence-electron chi connectivity index (χ3n) is 4.63. The standard InChI is InChI=1S/C17H34N2O2.ClH/c1-13(2)10-15(6-9-20)12-19-17(21)11-14(3)16-4-7-18-8-5-16;/h13-16,18,20H,4-12H2,1-3H3,(H,19,21);1H. The summed E-state index contributed by atoms with van der Waals surface area (Å²) in [5.74, 6) is 2.32. The van der Waals surface area contributed by atoms with Crippen molar-refractivity contribution in [1.82, 2.24) is 10.6 Å². The van der Waals surface area contributed by atoms with Crippen molar-refractivity contribution in [3.8, 4) is 0 Å². The number of hydrogen-bond acceptors (Lipinski definition) is 3. The molecule has 4 nitrogen and oxygen atoms in total. The minimum atomic E-state index is 0. The average Bonchev–Trinajstić information content (AvgIpc) is 2.45. The van der Waals surface area contributed by atoms with Gasteiger partial charge in [0.05, 0.1) is 0 Å². The molecule has 132 valence electrons. The lowest BCUT2D eigenvalue weighted by atomic mass is 9.84. The number of halogens is 1. The molecule has 1 aliphatic rings. The molecule has 0 bridgehead atoms. The maximum atomic E-state index is 12.1. The Morgan fingerprint density at radius 2 is 1.91 bits per heavy atom. The quantitative estimate of drug-likeness (QED) is 0.607. The number of aliphatic hydroxyl groups is 1. The van der Waals surface area contributed by atoms with Crippen LogP contribution >= 0.6 is 12.4 Å². The minimum absolute atomic E-state index is 0. The molecule has 2 atom stereocenters. The zero-order valence-electron chi connectivity index (χ0n) is 14.4. The monoisotopic (exact) mass is 334 g/mol. The topological polar surface area (TPSA) is 61.4 Å². The van der Waals surface area contributed by atoms with Crippen LogP contribution in [-0.4, -0.2) is 37.3 Å². The van der Waals surface area contributed by atoms with Crippen LogP contribution in [0.5, 0.6) is 0 Å². The number of carbonyl (C=O) groups is 1. The van der Waals surface area contributed by atoms with Crippen molar-refractivity contribution in [2.45, 2.75) is 52.9 Å². The molecule has 3 N–H and O–H groups in total. The second-order valence-corrected chi connectivity index (χ2v) is 7.08. The summed E-state index contributed by atoms with van der Waals surface area (Å²) in [5.41, 5.74) is 0. The van der Waals surface area contributed by atoms with E-state index in [0.29, 0.717) is 36.6 Å². The maximum absolute atomic E-state index is 12.1. The summed E-state index contributed by atoms with van der Waals surface area (Å²) in [6, 6.07) is 0. The summed E-state index contributed by atoms with van der Waals surface area (Å²) in [4.78, 5) is 12.1. The predicted octanol–water partition coefficient (Wildman–Crippen LogP) is 2.59. The van der Waals surface area contributed by atoms with E-state index in [1.54, 1.807) is 0 Å². The summed E-state index contributed by atoms with van der Waals surface area (Å²) in [7, 11) is 0. The van der Waals surface area contributed by atoms with Crippen LogP contribution in [0.2, 0.25) is 0 Å². The molecular weight excluding hydrogens is 300 g/mol. The summed E-state index contributed by atoms with van der Waals surface area (Å²) >= 11 is 0. The first kappa shape index (κ1) is 21.7. The molecule has 0 aromatic rings. The van der Waals surface area contributed by atoms with E-state index in [-0.39, 0.29) is 24.9 Å². The number of piperidine rings is 1. The zero-order chi connectivity index (χ0) is 15.7. The van der Waals surface area contributed by atoms with Crippen LogP contribution in [-0.2, 0) is 4.79 Å². The van der Waals surface area contributed by atoms with E-state index in [1.807, 2.05) is 0 Å². The lowest BCUT2D eigenvalue weighted by Crippen LogP contribution is -2.35. The van der Waals surface area contributed by atoms with Gasteiger partial charge in [0, 0.05) is 19.6 Å². The Morgan fingerprint density at radius 3 is 2.45 bits per heavy atom. The van der Waals surface area contributed by atoms with Gasteiger partial charge in [-0.15, -0.1) is 12.4 Å². The summed E-state index contributed by atoms with van der Waals surface area (Å²) in [6.07, 6.45) is 4.86. The van der Waals surface area contributed by atoms with E-state index in [1.165, 1.54) is 12.8 Å². The van der Waals surface area contributed by atoms with E-state index in [2.05, 4.69) is 31.4 Å². The number of hydrogen-bond donors (Lipinski definition) is 3. The van der Waals surface area contributed by atoms with Crippen LogP contribution in [0.25, 0.3) is 0 Å². The molecule has 1 amide bonds. The molecule has 2 unspecified atom stereocenters. The molecule has 0 saturated carbocycles. The van der Waals surface area contributed by atoms with Crippen molar-refractivity contribution >= 4 is 18.3 Å². The van der Waals surface area contributed by atoms with Gasteiger partial charge in [-0.1, -0.05) is 20.8 Å². The molecule has 0 spiro atoms. The molecule has 1 heterocycles. The van der Waals surface area contributed by atoms with E-state index in [9.17, 15) is 4.79 Å². The maximum Gasteiger partial charge on any atom is 0.220 e. The fourth-order valence-corrected chi connectivity index (χ4v) is 3.36. The van der Waals surface area contributed by atoms with Crippen molar-refractivity contribution in [2.24, 2.45) is 23.7 Å². The molecule has 22 heavy (non-hydrogen) atoms. The summed E-state index contributed by atoms with van der Waals surface area (Å²) < 4.78 is 0. The molecule has 5 heteroatoms. The van der Waals surface area contributed by atoms with Gasteiger partial charge in [-0.25, -0.2) is 0 Å². The van der Waals surface area contributed by atoms with E-state index < -0.39 is 0 Å². The second-order valence-electron chi connectivity index (χ2n) is 7.08. The number of rotatable bonds is 9. The van der Waals surface area contributed by atoms with Gasteiger partial charge in [0.15, 0.2) is 0 Å². The average molecular weight is 335 g/mol. The van der Waals surface area contributed by atoms with Gasteiger partial charge in [0.2, 0.25) is 5.91 Å². The fraction of sp³-hybridized carbons (Fsp3) is 0.941. The second kappa shape index (κ2) is 12.1. The van der Waals surface area contributed by atoms with Gasteiger partial charge in [0.25, 0.3) is 0 Å². The predicted molar refractivity (Wildman–Crippen MR) is 94.3 cm³/mol. The van der Waals surface area contributed by atoms with Crippen molar-refractivity contribution < 1.29 is 9.90 Å². The number of carbonyl (C=O) groups excluding carboxylic acids is 1. The molecule has 1 fully saturated rings. The molecule has 0 radical (unpaired) electrons.